The zero-order chi connectivity index (χ0) is 10.6. The van der Waals surface area contributed by atoms with E-state index in [1.54, 1.807) is 0 Å². The van der Waals surface area contributed by atoms with Crippen molar-refractivity contribution >= 4 is 23.1 Å². The van der Waals surface area contributed by atoms with Crippen LogP contribution >= 0.6 is 12.7 Å². The van der Waals surface area contributed by atoms with Gasteiger partial charge in [-0.1, -0.05) is 0 Å². The predicted octanol–water partition coefficient (Wildman–Crippen LogP) is 0.177. The van der Waals surface area contributed by atoms with Crippen molar-refractivity contribution in [1.29, 1.82) is 0 Å². The molecule has 0 aliphatic carbocycles. The quantitative estimate of drug-likeness (QED) is 0.501. The second-order valence-corrected chi connectivity index (χ2v) is 2.06. The predicted molar refractivity (Wildman–Crippen MR) is 36.3 cm³/mol. The Bertz CT molecular complexity index is 152. The zero-order valence-corrected chi connectivity index (χ0v) is 11.6. The molecule has 0 radical (unpaired) electrons. The summed E-state index contributed by atoms with van der Waals surface area (Å²) in [6, 6.07) is 0. The Hall–Kier alpha value is 2.94. The van der Waals surface area contributed by atoms with E-state index in [1.165, 1.54) is 35.1 Å². The van der Waals surface area contributed by atoms with Crippen LogP contribution < -0.4 is 0 Å². The first-order valence-corrected chi connectivity index (χ1v) is 8.38. The molecule has 0 unspecified atom stereocenters. The van der Waals surface area contributed by atoms with E-state index in [9.17, 15) is 8.42 Å². The van der Waals surface area contributed by atoms with Crippen LogP contribution in [0, 0.1) is 69.0 Å². The molecule has 5 nitrogen and oxygen atoms in total. The normalized spacial score (nSPS) is 9.00. The number of hydrogen-bond donors (Lipinski definition) is 2. The fourth-order valence-corrected chi connectivity index (χ4v) is 0.428. The van der Waals surface area contributed by atoms with Crippen LogP contribution in [0.5, 0.6) is 0 Å². The summed E-state index contributed by atoms with van der Waals surface area (Å²) < 4.78 is 30.7. The summed E-state index contributed by atoms with van der Waals surface area (Å²) >= 11 is 3.36. The average Bonchev–Trinajstić information content (AvgIpc) is 2.07. The molecular formula is C2H6Cl2ErO5STb. The van der Waals surface area contributed by atoms with Gasteiger partial charge in [0.2, 0.25) is 0 Å². The van der Waals surface area contributed by atoms with Gasteiger partial charge in [0.1, 0.15) is 0 Å². The molecule has 0 heterocycles. The number of rotatable bonds is 3. The van der Waals surface area contributed by atoms with E-state index in [1.807, 2.05) is 33.9 Å². The molecule has 0 aromatic rings. The van der Waals surface area contributed by atoms with Gasteiger partial charge in [-0.2, -0.15) is 8.42 Å². The van der Waals surface area contributed by atoms with Gasteiger partial charge >= 0.3 is 92.1 Å². The molecule has 12 heavy (non-hydrogen) atoms. The minimum atomic E-state index is -4.35. The van der Waals surface area contributed by atoms with Crippen molar-refractivity contribution in [3.05, 3.63) is 0 Å². The van der Waals surface area contributed by atoms with Crippen LogP contribution in [0.1, 0.15) is 0 Å². The standard InChI is InChI=1S/C2H6O5S.2ClH.Er.Tb/c3-1-2-7-8(4,5)6;;;;/h3H,1-2H2,(H,4,5,6);2*1H;;/q;;;2*+1/p-2. The Morgan fingerprint density at radius 1 is 1.42 bits per heavy atom. The summed E-state index contributed by atoms with van der Waals surface area (Å²) in [5.41, 5.74) is 0. The zero-order valence-electron chi connectivity index (χ0n) is 5.32. The SMILES string of the molecule is O=S(=O)(O)OCCO.[Cl][Er].[Cl][Tb]. The van der Waals surface area contributed by atoms with Crippen LogP contribution in [0.25, 0.3) is 0 Å². The second kappa shape index (κ2) is 16.4. The fraction of sp³-hybridized carbons (Fsp3) is 1.00. The topological polar surface area (TPSA) is 83.8 Å². The summed E-state index contributed by atoms with van der Waals surface area (Å²) in [6.07, 6.45) is 4.64. The maximum absolute atomic E-state index is 9.61. The first-order valence-electron chi connectivity index (χ1n) is 2.02. The Morgan fingerprint density at radius 2 is 1.75 bits per heavy atom. The Kier molecular flexibility index (Phi) is 27.8. The molecule has 0 aromatic carbocycles. The van der Waals surface area contributed by atoms with Crippen molar-refractivity contribution in [3.8, 4) is 0 Å². The van der Waals surface area contributed by atoms with Gasteiger partial charge < -0.3 is 5.11 Å². The van der Waals surface area contributed by atoms with Crippen molar-refractivity contribution < 1.29 is 91.3 Å². The molecule has 0 aliphatic rings. The Labute approximate surface area is 125 Å². The summed E-state index contributed by atoms with van der Waals surface area (Å²) in [4.78, 5) is 0. The molecule has 0 rings (SSSR count). The number of aliphatic hydroxyl groups is 1. The number of halogens is 2. The summed E-state index contributed by atoms with van der Waals surface area (Å²) in [5.74, 6) is 0. The monoisotopic (exact) mass is 537 g/mol. The van der Waals surface area contributed by atoms with Crippen molar-refractivity contribution in [3.63, 3.8) is 0 Å². The van der Waals surface area contributed by atoms with E-state index in [0.717, 1.165) is 0 Å². The van der Waals surface area contributed by atoms with Crippen molar-refractivity contribution in [2.45, 2.75) is 0 Å². The van der Waals surface area contributed by atoms with Gasteiger partial charge in [0.05, 0.1) is 13.2 Å². The molecule has 0 saturated carbocycles. The second-order valence-electron chi connectivity index (χ2n) is 0.973. The summed E-state index contributed by atoms with van der Waals surface area (Å²) in [7, 11) is -4.35. The van der Waals surface area contributed by atoms with Crippen molar-refractivity contribution in [1.82, 2.24) is 0 Å². The summed E-state index contributed by atoms with van der Waals surface area (Å²) in [5, 5.41) is 7.93. The Morgan fingerprint density at radius 3 is 1.83 bits per heavy atom. The molecule has 10 heteroatoms. The molecule has 2 N–H and O–H groups in total. The molecule has 0 aromatic heterocycles. The minimum absolute atomic E-state index is 0.404. The first kappa shape index (κ1) is 20.4. The molecule has 85 valence electrons. The third-order valence-electron chi connectivity index (χ3n) is 0.324. The van der Waals surface area contributed by atoms with Gasteiger partial charge in [-0.15, -0.1) is 0 Å². The van der Waals surface area contributed by atoms with E-state index in [0.29, 0.717) is 0 Å². The number of hydrogen-bond acceptors (Lipinski definition) is 4. The third-order valence-corrected chi connectivity index (χ3v) is 0.788. The van der Waals surface area contributed by atoms with Crippen LogP contribution in [0.4, 0.5) is 0 Å². The molecule has 0 fully saturated rings. The average molecular weight is 539 g/mol. The van der Waals surface area contributed by atoms with Crippen LogP contribution in [0.15, 0.2) is 0 Å². The van der Waals surface area contributed by atoms with Gasteiger partial charge in [0.15, 0.2) is 0 Å². The van der Waals surface area contributed by atoms with E-state index < -0.39 is 23.6 Å². The van der Waals surface area contributed by atoms with Crippen molar-refractivity contribution in [2.75, 3.05) is 13.2 Å². The number of aliphatic hydroxyl groups excluding tert-OH is 1. The molecule has 0 atom stereocenters. The van der Waals surface area contributed by atoms with Gasteiger partial charge in [-0.3, -0.25) is 4.55 Å². The Balaban J connectivity index is -0.000000175. The molecule has 0 amide bonds. The summed E-state index contributed by atoms with van der Waals surface area (Å²) in [6.45, 7) is 3.72. The van der Waals surface area contributed by atoms with Gasteiger partial charge in [-0.25, -0.2) is 4.18 Å². The first-order chi connectivity index (χ1) is 5.56. The van der Waals surface area contributed by atoms with E-state index in [4.69, 9.17) is 9.66 Å². The van der Waals surface area contributed by atoms with Crippen LogP contribution in [-0.4, -0.2) is 31.3 Å². The molecule has 0 saturated heterocycles. The van der Waals surface area contributed by atoms with E-state index in [2.05, 4.69) is 16.9 Å². The van der Waals surface area contributed by atoms with Crippen LogP contribution in [0.2, 0.25) is 0 Å². The molecule has 0 bridgehead atoms. The van der Waals surface area contributed by atoms with Crippen LogP contribution in [0.3, 0.4) is 0 Å². The van der Waals surface area contributed by atoms with Gasteiger partial charge in [0.25, 0.3) is 0 Å². The van der Waals surface area contributed by atoms with Gasteiger partial charge in [0, 0.05) is 0 Å². The van der Waals surface area contributed by atoms with Gasteiger partial charge in [-0.05, 0) is 0 Å². The maximum atomic E-state index is 9.61. The fourth-order valence-electron chi connectivity index (χ4n) is 0.143. The van der Waals surface area contributed by atoms with E-state index in [-0.39, 0.29) is 0 Å². The molecule has 0 aliphatic heterocycles. The molecular weight excluding hydrogens is 533 g/mol. The molecule has 0 spiro atoms. The van der Waals surface area contributed by atoms with E-state index >= 15 is 0 Å². The third kappa shape index (κ3) is 29.3. The van der Waals surface area contributed by atoms with Crippen molar-refractivity contribution in [2.24, 2.45) is 0 Å². The van der Waals surface area contributed by atoms with Crippen LogP contribution in [-0.2, 0) is 14.6 Å².